The van der Waals surface area contributed by atoms with Gasteiger partial charge in [0, 0.05) is 11.1 Å². The van der Waals surface area contributed by atoms with Crippen LogP contribution < -0.4 is 15.5 Å². The van der Waals surface area contributed by atoms with E-state index in [0.717, 1.165) is 21.9 Å². The molecule has 0 aliphatic rings. The van der Waals surface area contributed by atoms with Crippen molar-refractivity contribution in [2.24, 2.45) is 5.10 Å². The number of aryl methyl sites for hydroxylation is 2. The van der Waals surface area contributed by atoms with Crippen LogP contribution in [-0.4, -0.2) is 30.5 Å². The first-order valence-corrected chi connectivity index (χ1v) is 11.4. The number of hydrogen-bond donors (Lipinski definition) is 2. The molecule has 0 aliphatic carbocycles. The standard InChI is InChI=1S/C29H25N3O4/c1-19-10-12-22(13-11-19)28(34)30-18-27(33)32-31-17-25-24-9-4-3-7-21(24)14-15-26(25)36-29(35)23-8-5-6-20(2)16-23/h3-17H,18H2,1-2H3,(H,30,34)(H,32,33)/b31-17+. The third kappa shape index (κ3) is 6.01. The summed E-state index contributed by atoms with van der Waals surface area (Å²) in [7, 11) is 0. The number of carbonyl (C=O) groups excluding carboxylic acids is 3. The summed E-state index contributed by atoms with van der Waals surface area (Å²) in [5.74, 6) is -1.03. The Morgan fingerprint density at radius 1 is 0.833 bits per heavy atom. The van der Waals surface area contributed by atoms with E-state index in [2.05, 4.69) is 15.8 Å². The fraction of sp³-hybridized carbons (Fsp3) is 0.103. The molecule has 0 saturated carbocycles. The van der Waals surface area contributed by atoms with Gasteiger partial charge in [0.15, 0.2) is 0 Å². The van der Waals surface area contributed by atoms with Crippen LogP contribution in [-0.2, 0) is 4.79 Å². The van der Waals surface area contributed by atoms with Crippen LogP contribution in [0.1, 0.15) is 37.4 Å². The summed E-state index contributed by atoms with van der Waals surface area (Å²) in [6.07, 6.45) is 1.43. The third-order valence-corrected chi connectivity index (χ3v) is 5.49. The van der Waals surface area contributed by atoms with Crippen LogP contribution in [0.3, 0.4) is 0 Å². The number of nitrogens with one attached hydrogen (secondary N) is 2. The average molecular weight is 480 g/mol. The Kier molecular flexibility index (Phi) is 7.51. The summed E-state index contributed by atoms with van der Waals surface area (Å²) in [5.41, 5.74) is 5.83. The van der Waals surface area contributed by atoms with Gasteiger partial charge < -0.3 is 10.1 Å². The van der Waals surface area contributed by atoms with Gasteiger partial charge in [-0.2, -0.15) is 5.10 Å². The van der Waals surface area contributed by atoms with Crippen LogP contribution in [0.4, 0.5) is 0 Å². The second kappa shape index (κ2) is 11.1. The fourth-order valence-electron chi connectivity index (χ4n) is 3.60. The first-order valence-electron chi connectivity index (χ1n) is 11.4. The summed E-state index contributed by atoms with van der Waals surface area (Å²) in [6.45, 7) is 3.59. The molecule has 0 bridgehead atoms. The molecule has 180 valence electrons. The van der Waals surface area contributed by atoms with Gasteiger partial charge in [0.05, 0.1) is 18.3 Å². The van der Waals surface area contributed by atoms with E-state index in [9.17, 15) is 14.4 Å². The molecular formula is C29H25N3O4. The molecule has 0 fully saturated rings. The molecule has 0 heterocycles. The predicted octanol–water partition coefficient (Wildman–Crippen LogP) is 4.56. The Balaban J connectivity index is 1.47. The van der Waals surface area contributed by atoms with Crippen LogP contribution in [0.5, 0.6) is 5.75 Å². The second-order valence-electron chi connectivity index (χ2n) is 8.30. The highest BCUT2D eigenvalue weighted by Crippen LogP contribution is 2.27. The van der Waals surface area contributed by atoms with E-state index in [1.165, 1.54) is 6.21 Å². The lowest BCUT2D eigenvalue weighted by atomic mass is 10.0. The van der Waals surface area contributed by atoms with Crippen molar-refractivity contribution in [3.8, 4) is 5.75 Å². The Morgan fingerprint density at radius 3 is 2.39 bits per heavy atom. The molecule has 0 aliphatic heterocycles. The maximum Gasteiger partial charge on any atom is 0.343 e. The molecule has 7 nitrogen and oxygen atoms in total. The SMILES string of the molecule is Cc1ccc(C(=O)NCC(=O)N/N=C/c2c(OC(=O)c3cccc(C)c3)ccc3ccccc23)cc1. The Labute approximate surface area is 208 Å². The molecule has 2 N–H and O–H groups in total. The molecule has 0 radical (unpaired) electrons. The highest BCUT2D eigenvalue weighted by Gasteiger charge is 2.14. The van der Waals surface area contributed by atoms with Crippen LogP contribution >= 0.6 is 0 Å². The minimum atomic E-state index is -0.495. The van der Waals surface area contributed by atoms with Crippen molar-refractivity contribution in [3.05, 3.63) is 113 Å². The number of rotatable bonds is 7. The number of carbonyl (C=O) groups is 3. The number of nitrogens with zero attached hydrogens (tertiary/aromatic N) is 1. The van der Waals surface area contributed by atoms with E-state index in [4.69, 9.17) is 4.74 Å². The molecule has 36 heavy (non-hydrogen) atoms. The number of esters is 1. The highest BCUT2D eigenvalue weighted by molar-refractivity contribution is 6.04. The van der Waals surface area contributed by atoms with Crippen molar-refractivity contribution in [3.63, 3.8) is 0 Å². The van der Waals surface area contributed by atoms with Gasteiger partial charge in [-0.25, -0.2) is 10.2 Å². The molecule has 7 heteroatoms. The lowest BCUT2D eigenvalue weighted by Gasteiger charge is -2.11. The molecule has 0 atom stereocenters. The summed E-state index contributed by atoms with van der Waals surface area (Å²) in [5, 5.41) is 8.33. The van der Waals surface area contributed by atoms with Gasteiger partial charge in [-0.3, -0.25) is 9.59 Å². The maximum atomic E-state index is 12.7. The number of fused-ring (bicyclic) bond motifs is 1. The minimum Gasteiger partial charge on any atom is -0.422 e. The van der Waals surface area contributed by atoms with Crippen molar-refractivity contribution in [2.75, 3.05) is 6.54 Å². The third-order valence-electron chi connectivity index (χ3n) is 5.49. The van der Waals surface area contributed by atoms with Crippen molar-refractivity contribution < 1.29 is 19.1 Å². The van der Waals surface area contributed by atoms with Gasteiger partial charge in [0.1, 0.15) is 5.75 Å². The molecular weight excluding hydrogens is 454 g/mol. The minimum absolute atomic E-state index is 0.241. The Morgan fingerprint density at radius 2 is 1.61 bits per heavy atom. The molecule has 0 spiro atoms. The number of benzene rings is 4. The summed E-state index contributed by atoms with van der Waals surface area (Å²) >= 11 is 0. The molecule has 2 amide bonds. The summed E-state index contributed by atoms with van der Waals surface area (Å²) in [6, 6.07) is 25.3. The van der Waals surface area contributed by atoms with Gasteiger partial charge in [0.2, 0.25) is 0 Å². The normalized spacial score (nSPS) is 10.8. The molecule has 4 aromatic carbocycles. The number of ether oxygens (including phenoxy) is 1. The van der Waals surface area contributed by atoms with Gasteiger partial charge >= 0.3 is 5.97 Å². The van der Waals surface area contributed by atoms with E-state index in [-0.39, 0.29) is 12.5 Å². The van der Waals surface area contributed by atoms with Crippen molar-refractivity contribution >= 4 is 34.8 Å². The van der Waals surface area contributed by atoms with E-state index in [1.54, 1.807) is 36.4 Å². The Bertz CT molecular complexity index is 1460. The number of hydrogen-bond acceptors (Lipinski definition) is 5. The predicted molar refractivity (Wildman–Crippen MR) is 139 cm³/mol. The monoisotopic (exact) mass is 479 g/mol. The summed E-state index contributed by atoms with van der Waals surface area (Å²) < 4.78 is 5.69. The van der Waals surface area contributed by atoms with Crippen LogP contribution in [0.15, 0.2) is 90.0 Å². The molecule has 0 aromatic heterocycles. The van der Waals surface area contributed by atoms with Crippen molar-refractivity contribution in [1.82, 2.24) is 10.7 Å². The van der Waals surface area contributed by atoms with Gasteiger partial charge in [-0.1, -0.05) is 65.7 Å². The van der Waals surface area contributed by atoms with Gasteiger partial charge in [-0.05, 0) is 55.0 Å². The molecule has 4 rings (SSSR count). The zero-order valence-electron chi connectivity index (χ0n) is 19.9. The first-order chi connectivity index (χ1) is 17.4. The lowest BCUT2D eigenvalue weighted by Crippen LogP contribution is -2.34. The van der Waals surface area contributed by atoms with Crippen molar-refractivity contribution in [2.45, 2.75) is 13.8 Å². The largest absolute Gasteiger partial charge is 0.422 e. The number of hydrazone groups is 1. The lowest BCUT2D eigenvalue weighted by molar-refractivity contribution is -0.120. The smallest absolute Gasteiger partial charge is 0.343 e. The molecule has 4 aromatic rings. The zero-order valence-corrected chi connectivity index (χ0v) is 19.9. The summed E-state index contributed by atoms with van der Waals surface area (Å²) in [4.78, 5) is 37.2. The number of amides is 2. The van der Waals surface area contributed by atoms with Crippen LogP contribution in [0.2, 0.25) is 0 Å². The topological polar surface area (TPSA) is 96.9 Å². The maximum absolute atomic E-state index is 12.7. The van der Waals surface area contributed by atoms with E-state index >= 15 is 0 Å². The first kappa shape index (κ1) is 24.3. The van der Waals surface area contributed by atoms with Crippen molar-refractivity contribution in [1.29, 1.82) is 0 Å². The van der Waals surface area contributed by atoms with Crippen LogP contribution in [0, 0.1) is 13.8 Å². The van der Waals surface area contributed by atoms with E-state index in [0.29, 0.717) is 22.4 Å². The average Bonchev–Trinajstić information content (AvgIpc) is 2.88. The van der Waals surface area contributed by atoms with Crippen LogP contribution in [0.25, 0.3) is 10.8 Å². The van der Waals surface area contributed by atoms with Gasteiger partial charge in [0.25, 0.3) is 11.8 Å². The quantitative estimate of drug-likeness (QED) is 0.176. The molecule has 0 unspecified atom stereocenters. The highest BCUT2D eigenvalue weighted by atomic mass is 16.5. The second-order valence-corrected chi connectivity index (χ2v) is 8.30. The molecule has 0 saturated heterocycles. The van der Waals surface area contributed by atoms with Gasteiger partial charge in [-0.15, -0.1) is 0 Å². The zero-order chi connectivity index (χ0) is 25.5. The van der Waals surface area contributed by atoms with E-state index in [1.807, 2.05) is 62.4 Å². The Hall–Kier alpha value is -4.78. The van der Waals surface area contributed by atoms with E-state index < -0.39 is 11.9 Å². The fourth-order valence-corrected chi connectivity index (χ4v) is 3.60.